The van der Waals surface area contributed by atoms with Crippen molar-refractivity contribution in [2.45, 2.75) is 18.5 Å². The lowest BCUT2D eigenvalue weighted by molar-refractivity contribution is -0.140. The summed E-state index contributed by atoms with van der Waals surface area (Å²) in [6, 6.07) is 14.8. The minimum atomic E-state index is -1.01. The molecule has 2 atom stereocenters. The molecule has 0 bridgehead atoms. The van der Waals surface area contributed by atoms with Gasteiger partial charge < -0.3 is 23.9 Å². The van der Waals surface area contributed by atoms with Crippen molar-refractivity contribution in [3.63, 3.8) is 0 Å². The molecule has 0 saturated carbocycles. The average molecular weight is 407 g/mol. The fourth-order valence-electron chi connectivity index (χ4n) is 4.01. The smallest absolute Gasteiger partial charge is 0.313 e. The van der Waals surface area contributed by atoms with Gasteiger partial charge in [-0.15, -0.1) is 0 Å². The number of benzene rings is 2. The van der Waals surface area contributed by atoms with Crippen LogP contribution in [0, 0.1) is 0 Å². The number of carboxylic acid groups (broad SMARTS) is 1. The SMILES string of the molecule is COc1ccc([C@H]2[C@H](C(=O)O)c3ccccc3C(=O)N2Cc2ccco2)cc1OC. The summed E-state index contributed by atoms with van der Waals surface area (Å²) in [5.74, 6) is -0.667. The highest BCUT2D eigenvalue weighted by molar-refractivity contribution is 6.00. The molecule has 0 spiro atoms. The van der Waals surface area contributed by atoms with Gasteiger partial charge in [0.1, 0.15) is 11.7 Å². The first-order chi connectivity index (χ1) is 14.5. The minimum Gasteiger partial charge on any atom is -0.493 e. The van der Waals surface area contributed by atoms with E-state index in [1.165, 1.54) is 20.5 Å². The summed E-state index contributed by atoms with van der Waals surface area (Å²) in [5, 5.41) is 10.2. The second kappa shape index (κ2) is 7.94. The van der Waals surface area contributed by atoms with Crippen molar-refractivity contribution in [2.24, 2.45) is 0 Å². The first-order valence-corrected chi connectivity index (χ1v) is 9.42. The molecular formula is C23H21NO6. The number of aliphatic carboxylic acids is 1. The maximum absolute atomic E-state index is 13.4. The Morgan fingerprint density at radius 3 is 2.50 bits per heavy atom. The van der Waals surface area contributed by atoms with Crippen molar-refractivity contribution >= 4 is 11.9 Å². The van der Waals surface area contributed by atoms with Crippen LogP contribution in [0.4, 0.5) is 0 Å². The quantitative estimate of drug-likeness (QED) is 0.667. The van der Waals surface area contributed by atoms with E-state index < -0.39 is 17.9 Å². The third kappa shape index (κ3) is 3.28. The van der Waals surface area contributed by atoms with Crippen molar-refractivity contribution in [3.8, 4) is 11.5 Å². The van der Waals surface area contributed by atoms with Crippen LogP contribution in [0.15, 0.2) is 65.3 Å². The Morgan fingerprint density at radius 1 is 1.07 bits per heavy atom. The highest BCUT2D eigenvalue weighted by Crippen LogP contribution is 2.45. The molecule has 1 aliphatic rings. The van der Waals surface area contributed by atoms with E-state index in [-0.39, 0.29) is 12.5 Å². The van der Waals surface area contributed by atoms with Gasteiger partial charge in [-0.1, -0.05) is 24.3 Å². The van der Waals surface area contributed by atoms with E-state index >= 15 is 0 Å². The van der Waals surface area contributed by atoms with E-state index in [9.17, 15) is 14.7 Å². The first-order valence-electron chi connectivity index (χ1n) is 9.42. The van der Waals surface area contributed by atoms with Gasteiger partial charge in [0, 0.05) is 5.56 Å². The van der Waals surface area contributed by atoms with E-state index in [0.717, 1.165) is 0 Å². The zero-order valence-electron chi connectivity index (χ0n) is 16.6. The fourth-order valence-corrected chi connectivity index (χ4v) is 4.01. The molecule has 1 N–H and O–H groups in total. The van der Waals surface area contributed by atoms with E-state index in [2.05, 4.69) is 0 Å². The Labute approximate surface area is 173 Å². The standard InChI is InChI=1S/C23H21NO6/c1-28-18-10-9-14(12-19(18)29-2)21-20(23(26)27)16-7-3-4-8-17(16)22(25)24(21)13-15-6-5-11-30-15/h3-12,20-21H,13H2,1-2H3,(H,26,27)/t20-,21+/m1/s1. The fraction of sp³-hybridized carbons (Fsp3) is 0.217. The molecular weight excluding hydrogens is 386 g/mol. The van der Waals surface area contributed by atoms with Gasteiger partial charge in [0.2, 0.25) is 0 Å². The zero-order chi connectivity index (χ0) is 21.3. The third-order valence-electron chi connectivity index (χ3n) is 5.36. The summed E-state index contributed by atoms with van der Waals surface area (Å²) in [5.41, 5.74) is 1.51. The van der Waals surface area contributed by atoms with Crippen LogP contribution in [0.2, 0.25) is 0 Å². The second-order valence-electron chi connectivity index (χ2n) is 6.97. The summed E-state index contributed by atoms with van der Waals surface area (Å²) in [6.07, 6.45) is 1.53. The number of carbonyl (C=O) groups is 2. The number of nitrogens with zero attached hydrogens (tertiary/aromatic N) is 1. The van der Waals surface area contributed by atoms with Crippen LogP contribution in [0.5, 0.6) is 11.5 Å². The van der Waals surface area contributed by atoms with Gasteiger partial charge in [-0.25, -0.2) is 0 Å². The molecule has 154 valence electrons. The number of rotatable bonds is 6. The number of ether oxygens (including phenoxy) is 2. The Balaban J connectivity index is 1.90. The van der Waals surface area contributed by atoms with Crippen LogP contribution < -0.4 is 9.47 Å². The summed E-state index contributed by atoms with van der Waals surface area (Å²) >= 11 is 0. The van der Waals surface area contributed by atoms with Gasteiger partial charge in [0.15, 0.2) is 11.5 Å². The molecule has 1 aliphatic heterocycles. The van der Waals surface area contributed by atoms with E-state index in [1.807, 2.05) is 0 Å². The van der Waals surface area contributed by atoms with Crippen LogP contribution in [-0.4, -0.2) is 36.1 Å². The van der Waals surface area contributed by atoms with Gasteiger partial charge in [-0.05, 0) is 41.5 Å². The maximum Gasteiger partial charge on any atom is 0.313 e. The van der Waals surface area contributed by atoms with Crippen molar-refractivity contribution in [2.75, 3.05) is 14.2 Å². The topological polar surface area (TPSA) is 89.2 Å². The molecule has 1 aromatic heterocycles. The number of carboxylic acids is 1. The lowest BCUT2D eigenvalue weighted by atomic mass is 9.79. The monoisotopic (exact) mass is 407 g/mol. The van der Waals surface area contributed by atoms with Crippen LogP contribution in [0.1, 0.15) is 39.2 Å². The van der Waals surface area contributed by atoms with Gasteiger partial charge in [0.05, 0.1) is 33.1 Å². The molecule has 7 heteroatoms. The summed E-state index contributed by atoms with van der Waals surface area (Å²) in [6.45, 7) is 0.142. The van der Waals surface area contributed by atoms with Gasteiger partial charge in [-0.2, -0.15) is 0 Å². The molecule has 2 heterocycles. The molecule has 0 unspecified atom stereocenters. The van der Waals surface area contributed by atoms with Crippen LogP contribution in [-0.2, 0) is 11.3 Å². The van der Waals surface area contributed by atoms with E-state index in [4.69, 9.17) is 13.9 Å². The molecule has 3 aromatic rings. The molecule has 30 heavy (non-hydrogen) atoms. The molecule has 0 saturated heterocycles. The maximum atomic E-state index is 13.4. The molecule has 2 aromatic carbocycles. The highest BCUT2D eigenvalue weighted by Gasteiger charge is 2.44. The number of furan rings is 1. The van der Waals surface area contributed by atoms with E-state index in [0.29, 0.717) is 33.9 Å². The normalized spacial score (nSPS) is 18.1. The second-order valence-corrected chi connectivity index (χ2v) is 6.97. The Bertz CT molecular complexity index is 1080. The summed E-state index contributed by atoms with van der Waals surface area (Å²) in [7, 11) is 3.04. The number of hydrogen-bond acceptors (Lipinski definition) is 5. The van der Waals surface area contributed by atoms with Crippen LogP contribution >= 0.6 is 0 Å². The predicted octanol–water partition coefficient (Wildman–Crippen LogP) is 3.86. The molecule has 7 nitrogen and oxygen atoms in total. The van der Waals surface area contributed by atoms with Gasteiger partial charge in [-0.3, -0.25) is 9.59 Å². The number of amides is 1. The van der Waals surface area contributed by atoms with Crippen molar-refractivity contribution < 1.29 is 28.6 Å². The van der Waals surface area contributed by atoms with Crippen LogP contribution in [0.25, 0.3) is 0 Å². The number of carbonyl (C=O) groups excluding carboxylic acids is 1. The Kier molecular flexibility index (Phi) is 5.18. The van der Waals surface area contributed by atoms with E-state index in [1.54, 1.807) is 59.5 Å². The van der Waals surface area contributed by atoms with Gasteiger partial charge in [0.25, 0.3) is 5.91 Å². The average Bonchev–Trinajstić information content (AvgIpc) is 3.28. The number of hydrogen-bond donors (Lipinski definition) is 1. The minimum absolute atomic E-state index is 0.142. The lowest BCUT2D eigenvalue weighted by Crippen LogP contribution is -2.44. The lowest BCUT2D eigenvalue weighted by Gasteiger charge is -2.40. The van der Waals surface area contributed by atoms with Gasteiger partial charge >= 0.3 is 5.97 Å². The van der Waals surface area contributed by atoms with Crippen LogP contribution in [0.3, 0.4) is 0 Å². The number of methoxy groups -OCH3 is 2. The zero-order valence-corrected chi connectivity index (χ0v) is 16.6. The molecule has 0 radical (unpaired) electrons. The molecule has 1 amide bonds. The first kappa shape index (κ1) is 19.6. The van der Waals surface area contributed by atoms with Crippen molar-refractivity contribution in [1.82, 2.24) is 4.90 Å². The van der Waals surface area contributed by atoms with Crippen molar-refractivity contribution in [1.29, 1.82) is 0 Å². The summed E-state index contributed by atoms with van der Waals surface area (Å²) in [4.78, 5) is 27.4. The third-order valence-corrected chi connectivity index (χ3v) is 5.36. The largest absolute Gasteiger partial charge is 0.493 e. The van der Waals surface area contributed by atoms with Crippen molar-refractivity contribution in [3.05, 3.63) is 83.3 Å². The summed E-state index contributed by atoms with van der Waals surface area (Å²) < 4.78 is 16.2. The molecule has 4 rings (SSSR count). The molecule has 0 fully saturated rings. The Morgan fingerprint density at radius 2 is 1.83 bits per heavy atom. The predicted molar refractivity (Wildman–Crippen MR) is 108 cm³/mol. The highest BCUT2D eigenvalue weighted by atomic mass is 16.5. The Hall–Kier alpha value is -3.74. The molecule has 0 aliphatic carbocycles. The number of fused-ring (bicyclic) bond motifs is 1.